The van der Waals surface area contributed by atoms with Crippen molar-refractivity contribution in [2.45, 2.75) is 25.4 Å². The number of ether oxygens (including phenoxy) is 1. The molecular formula is C13H16O2. The summed E-state index contributed by atoms with van der Waals surface area (Å²) in [4.78, 5) is 0. The minimum atomic E-state index is -0.268. The molecule has 0 aromatic heterocycles. The van der Waals surface area contributed by atoms with E-state index in [1.165, 1.54) is 11.1 Å². The second-order valence-corrected chi connectivity index (χ2v) is 3.88. The number of benzene rings is 1. The van der Waals surface area contributed by atoms with E-state index in [0.717, 1.165) is 25.0 Å². The van der Waals surface area contributed by atoms with E-state index in [4.69, 9.17) is 4.74 Å². The summed E-state index contributed by atoms with van der Waals surface area (Å²) in [6.07, 6.45) is 4.71. The van der Waals surface area contributed by atoms with Crippen LogP contribution in [-0.2, 0) is 0 Å². The molecular weight excluding hydrogens is 188 g/mol. The maximum atomic E-state index is 9.54. The van der Waals surface area contributed by atoms with Gasteiger partial charge in [0.25, 0.3) is 0 Å². The fourth-order valence-electron chi connectivity index (χ4n) is 1.95. The van der Waals surface area contributed by atoms with Crippen molar-refractivity contribution in [1.82, 2.24) is 0 Å². The van der Waals surface area contributed by atoms with Gasteiger partial charge in [-0.3, -0.25) is 0 Å². The molecule has 0 spiro atoms. The summed E-state index contributed by atoms with van der Waals surface area (Å²) in [5.41, 5.74) is 2.44. The molecule has 0 radical (unpaired) electrons. The van der Waals surface area contributed by atoms with Crippen LogP contribution in [0, 0.1) is 0 Å². The van der Waals surface area contributed by atoms with Gasteiger partial charge in [0.05, 0.1) is 13.2 Å². The summed E-state index contributed by atoms with van der Waals surface area (Å²) in [5.74, 6) is 0.871. The Morgan fingerprint density at radius 2 is 2.00 bits per heavy atom. The van der Waals surface area contributed by atoms with E-state index in [1.807, 2.05) is 30.3 Å². The zero-order chi connectivity index (χ0) is 10.7. The van der Waals surface area contributed by atoms with Crippen LogP contribution < -0.4 is 4.74 Å². The van der Waals surface area contributed by atoms with E-state index < -0.39 is 0 Å². The van der Waals surface area contributed by atoms with E-state index >= 15 is 0 Å². The first-order valence-electron chi connectivity index (χ1n) is 5.33. The Morgan fingerprint density at radius 1 is 1.27 bits per heavy atom. The van der Waals surface area contributed by atoms with Crippen molar-refractivity contribution >= 4 is 5.57 Å². The zero-order valence-corrected chi connectivity index (χ0v) is 8.94. The van der Waals surface area contributed by atoms with Crippen LogP contribution in [0.15, 0.2) is 30.3 Å². The molecule has 1 atom stereocenters. The molecule has 0 amide bonds. The fraction of sp³-hybridized carbons (Fsp3) is 0.385. The first-order chi connectivity index (χ1) is 7.29. The molecule has 0 saturated carbocycles. The minimum Gasteiger partial charge on any atom is -0.497 e. The lowest BCUT2D eigenvalue weighted by Gasteiger charge is -2.17. The van der Waals surface area contributed by atoms with Crippen molar-refractivity contribution in [1.29, 1.82) is 0 Å². The number of aliphatic hydroxyl groups is 1. The van der Waals surface area contributed by atoms with Crippen molar-refractivity contribution < 1.29 is 9.84 Å². The van der Waals surface area contributed by atoms with Crippen molar-refractivity contribution in [3.05, 3.63) is 35.9 Å². The van der Waals surface area contributed by atoms with Gasteiger partial charge in [-0.05, 0) is 42.5 Å². The second kappa shape index (κ2) is 4.49. The van der Waals surface area contributed by atoms with Crippen molar-refractivity contribution in [3.63, 3.8) is 0 Å². The highest BCUT2D eigenvalue weighted by Crippen LogP contribution is 2.27. The SMILES string of the molecule is COc1ccc(C2=CC(O)CCC2)cc1. The van der Waals surface area contributed by atoms with Gasteiger partial charge in [-0.1, -0.05) is 18.2 Å². The second-order valence-electron chi connectivity index (χ2n) is 3.88. The highest BCUT2D eigenvalue weighted by Gasteiger charge is 2.11. The van der Waals surface area contributed by atoms with E-state index in [0.29, 0.717) is 0 Å². The Morgan fingerprint density at radius 3 is 2.60 bits per heavy atom. The summed E-state index contributed by atoms with van der Waals surface area (Å²) in [6, 6.07) is 8.00. The molecule has 1 aliphatic carbocycles. The number of methoxy groups -OCH3 is 1. The monoisotopic (exact) mass is 204 g/mol. The van der Waals surface area contributed by atoms with E-state index in [9.17, 15) is 5.11 Å². The normalized spacial score (nSPS) is 20.9. The molecule has 2 heteroatoms. The minimum absolute atomic E-state index is 0.268. The molecule has 15 heavy (non-hydrogen) atoms. The molecule has 0 aliphatic heterocycles. The maximum Gasteiger partial charge on any atom is 0.118 e. The lowest BCUT2D eigenvalue weighted by molar-refractivity contribution is 0.206. The standard InChI is InChI=1S/C13H16O2/c1-15-13-7-5-10(6-8-13)11-3-2-4-12(14)9-11/h5-9,12,14H,2-4H2,1H3. The van der Waals surface area contributed by atoms with Gasteiger partial charge in [-0.15, -0.1) is 0 Å². The lowest BCUT2D eigenvalue weighted by Crippen LogP contribution is -2.08. The average molecular weight is 204 g/mol. The average Bonchev–Trinajstić information content (AvgIpc) is 2.29. The summed E-state index contributed by atoms with van der Waals surface area (Å²) in [5, 5.41) is 9.54. The van der Waals surface area contributed by atoms with Crippen LogP contribution in [-0.4, -0.2) is 18.3 Å². The zero-order valence-electron chi connectivity index (χ0n) is 8.94. The summed E-state index contributed by atoms with van der Waals surface area (Å²) < 4.78 is 5.11. The molecule has 0 heterocycles. The molecule has 2 rings (SSSR count). The van der Waals surface area contributed by atoms with Crippen molar-refractivity contribution in [3.8, 4) is 5.75 Å². The first-order valence-corrected chi connectivity index (χ1v) is 5.33. The van der Waals surface area contributed by atoms with Crippen LogP contribution in [0.1, 0.15) is 24.8 Å². The van der Waals surface area contributed by atoms with Crippen LogP contribution in [0.5, 0.6) is 5.75 Å². The van der Waals surface area contributed by atoms with Gasteiger partial charge in [-0.2, -0.15) is 0 Å². The summed E-state index contributed by atoms with van der Waals surface area (Å²) >= 11 is 0. The number of aliphatic hydroxyl groups excluding tert-OH is 1. The molecule has 80 valence electrons. The highest BCUT2D eigenvalue weighted by atomic mass is 16.5. The van der Waals surface area contributed by atoms with Gasteiger partial charge in [-0.25, -0.2) is 0 Å². The van der Waals surface area contributed by atoms with Gasteiger partial charge in [0.2, 0.25) is 0 Å². The van der Waals surface area contributed by atoms with Crippen LogP contribution in [0.4, 0.5) is 0 Å². The van der Waals surface area contributed by atoms with E-state index in [-0.39, 0.29) is 6.10 Å². The lowest BCUT2D eigenvalue weighted by atomic mass is 9.92. The highest BCUT2D eigenvalue weighted by molar-refractivity contribution is 5.67. The summed E-state index contributed by atoms with van der Waals surface area (Å²) in [7, 11) is 1.67. The third kappa shape index (κ3) is 2.39. The molecule has 1 aromatic carbocycles. The maximum absolute atomic E-state index is 9.54. The van der Waals surface area contributed by atoms with Gasteiger partial charge in [0, 0.05) is 0 Å². The predicted octanol–water partition coefficient (Wildman–Crippen LogP) is 2.62. The first kappa shape index (κ1) is 10.2. The molecule has 0 bridgehead atoms. The number of hydrogen-bond donors (Lipinski definition) is 1. The molecule has 2 nitrogen and oxygen atoms in total. The van der Waals surface area contributed by atoms with Crippen molar-refractivity contribution in [2.75, 3.05) is 7.11 Å². The molecule has 1 aliphatic rings. The topological polar surface area (TPSA) is 29.5 Å². The van der Waals surface area contributed by atoms with Crippen LogP contribution in [0.3, 0.4) is 0 Å². The van der Waals surface area contributed by atoms with Gasteiger partial charge >= 0.3 is 0 Å². The number of hydrogen-bond acceptors (Lipinski definition) is 2. The Kier molecular flexibility index (Phi) is 3.07. The third-order valence-corrected chi connectivity index (χ3v) is 2.80. The molecule has 0 saturated heterocycles. The Bertz CT molecular complexity index is 351. The molecule has 1 aromatic rings. The van der Waals surface area contributed by atoms with Crippen LogP contribution >= 0.6 is 0 Å². The van der Waals surface area contributed by atoms with Crippen molar-refractivity contribution in [2.24, 2.45) is 0 Å². The fourth-order valence-corrected chi connectivity index (χ4v) is 1.95. The van der Waals surface area contributed by atoms with Gasteiger partial charge in [0.1, 0.15) is 5.75 Å². The Balaban J connectivity index is 2.21. The molecule has 1 unspecified atom stereocenters. The smallest absolute Gasteiger partial charge is 0.118 e. The van der Waals surface area contributed by atoms with Gasteiger partial charge in [0.15, 0.2) is 0 Å². The predicted molar refractivity (Wildman–Crippen MR) is 60.8 cm³/mol. The van der Waals surface area contributed by atoms with Crippen LogP contribution in [0.25, 0.3) is 5.57 Å². The van der Waals surface area contributed by atoms with E-state index in [1.54, 1.807) is 7.11 Å². The Labute approximate surface area is 90.2 Å². The largest absolute Gasteiger partial charge is 0.497 e. The van der Waals surface area contributed by atoms with E-state index in [2.05, 4.69) is 0 Å². The number of allylic oxidation sites excluding steroid dienone is 1. The van der Waals surface area contributed by atoms with Gasteiger partial charge < -0.3 is 9.84 Å². The summed E-state index contributed by atoms with van der Waals surface area (Å²) in [6.45, 7) is 0. The number of rotatable bonds is 2. The van der Waals surface area contributed by atoms with Crippen LogP contribution in [0.2, 0.25) is 0 Å². The molecule has 0 fully saturated rings. The third-order valence-electron chi connectivity index (χ3n) is 2.80. The quantitative estimate of drug-likeness (QED) is 0.802. The Hall–Kier alpha value is -1.28. The molecule has 1 N–H and O–H groups in total.